The van der Waals surface area contributed by atoms with E-state index >= 15 is 0 Å². The molecule has 4 nitrogen and oxygen atoms in total. The summed E-state index contributed by atoms with van der Waals surface area (Å²) in [5.74, 6) is -0.645. The molecule has 0 bridgehead atoms. The molecule has 0 fully saturated rings. The SMILES string of the molecule is CCCCCCCCCCCCCCOC(=O)CCCC(=O)OCC(Cl)Cl. The first-order valence-corrected chi connectivity index (χ1v) is 11.5. The van der Waals surface area contributed by atoms with Gasteiger partial charge in [-0.15, -0.1) is 23.2 Å². The van der Waals surface area contributed by atoms with Crippen LogP contribution in [0.1, 0.15) is 103 Å². The highest BCUT2D eigenvalue weighted by Gasteiger charge is 2.09. The lowest BCUT2D eigenvalue weighted by atomic mass is 10.1. The molecule has 0 aromatic rings. The van der Waals surface area contributed by atoms with Crippen LogP contribution in [0.5, 0.6) is 0 Å². The Balaban J connectivity index is 3.26. The Morgan fingerprint density at radius 1 is 0.667 bits per heavy atom. The highest BCUT2D eigenvalue weighted by atomic mass is 35.5. The molecular weight excluding hydrogens is 387 g/mol. The predicted molar refractivity (Wildman–Crippen MR) is 112 cm³/mol. The van der Waals surface area contributed by atoms with Gasteiger partial charge in [-0.3, -0.25) is 9.59 Å². The molecule has 0 saturated carbocycles. The van der Waals surface area contributed by atoms with Crippen LogP contribution in [0.15, 0.2) is 0 Å². The fourth-order valence-corrected chi connectivity index (χ4v) is 2.93. The van der Waals surface area contributed by atoms with Crippen molar-refractivity contribution in [1.82, 2.24) is 0 Å². The van der Waals surface area contributed by atoms with Gasteiger partial charge in [0.1, 0.15) is 11.4 Å². The Kier molecular flexibility index (Phi) is 19.9. The fraction of sp³-hybridized carbons (Fsp3) is 0.905. The molecule has 0 aliphatic carbocycles. The van der Waals surface area contributed by atoms with Gasteiger partial charge >= 0.3 is 11.9 Å². The van der Waals surface area contributed by atoms with E-state index in [1.165, 1.54) is 64.2 Å². The van der Waals surface area contributed by atoms with E-state index in [9.17, 15) is 9.59 Å². The van der Waals surface area contributed by atoms with Crippen LogP contribution in [-0.2, 0) is 19.1 Å². The number of carbonyl (C=O) groups excluding carboxylic acids is 2. The van der Waals surface area contributed by atoms with Crippen molar-refractivity contribution in [3.05, 3.63) is 0 Å². The third-order valence-corrected chi connectivity index (χ3v) is 4.65. The van der Waals surface area contributed by atoms with Crippen LogP contribution in [0.4, 0.5) is 0 Å². The van der Waals surface area contributed by atoms with Crippen LogP contribution in [0.25, 0.3) is 0 Å². The molecule has 0 spiro atoms. The third kappa shape index (κ3) is 21.7. The maximum atomic E-state index is 11.6. The molecule has 0 atom stereocenters. The Bertz CT molecular complexity index is 362. The molecule has 0 amide bonds. The minimum Gasteiger partial charge on any atom is -0.466 e. The van der Waals surface area contributed by atoms with Gasteiger partial charge in [0.05, 0.1) is 6.61 Å². The molecule has 6 heteroatoms. The summed E-state index contributed by atoms with van der Waals surface area (Å²) in [4.78, 5) is 22.2. The van der Waals surface area contributed by atoms with Gasteiger partial charge in [-0.05, 0) is 12.8 Å². The number of alkyl halides is 2. The second-order valence-electron chi connectivity index (χ2n) is 7.04. The van der Waals surface area contributed by atoms with Gasteiger partial charge < -0.3 is 9.47 Å². The van der Waals surface area contributed by atoms with Gasteiger partial charge in [0.15, 0.2) is 0 Å². The van der Waals surface area contributed by atoms with Crippen molar-refractivity contribution in [2.45, 2.75) is 108 Å². The van der Waals surface area contributed by atoms with Crippen molar-refractivity contribution in [3.63, 3.8) is 0 Å². The van der Waals surface area contributed by atoms with Gasteiger partial charge in [-0.25, -0.2) is 0 Å². The first-order valence-electron chi connectivity index (χ1n) is 10.7. The third-order valence-electron chi connectivity index (χ3n) is 4.39. The van der Waals surface area contributed by atoms with Crippen LogP contribution < -0.4 is 0 Å². The number of hydrogen-bond donors (Lipinski definition) is 0. The average Bonchev–Trinajstić information content (AvgIpc) is 2.63. The number of unbranched alkanes of at least 4 members (excludes halogenated alkanes) is 11. The van der Waals surface area contributed by atoms with Crippen molar-refractivity contribution in [2.75, 3.05) is 13.2 Å². The van der Waals surface area contributed by atoms with Crippen LogP contribution in [0.3, 0.4) is 0 Å². The van der Waals surface area contributed by atoms with Crippen molar-refractivity contribution in [1.29, 1.82) is 0 Å². The van der Waals surface area contributed by atoms with Crippen molar-refractivity contribution >= 4 is 35.1 Å². The summed E-state index contributed by atoms with van der Waals surface area (Å²) in [5, 5.41) is 0. The van der Waals surface area contributed by atoms with Crippen molar-refractivity contribution in [2.24, 2.45) is 0 Å². The number of halogens is 2. The van der Waals surface area contributed by atoms with E-state index in [4.69, 9.17) is 32.7 Å². The van der Waals surface area contributed by atoms with Crippen LogP contribution in [-0.4, -0.2) is 30.0 Å². The quantitative estimate of drug-likeness (QED) is 0.131. The minimum absolute atomic E-state index is 0.0225. The number of ether oxygens (including phenoxy) is 2. The standard InChI is InChI=1S/C21H38Cl2O4/c1-2-3-4-5-6-7-8-9-10-11-12-13-17-26-20(24)15-14-16-21(25)27-18-19(22)23/h19H,2-18H2,1H3. The van der Waals surface area contributed by atoms with Gasteiger partial charge in [0.2, 0.25) is 0 Å². The highest BCUT2D eigenvalue weighted by molar-refractivity contribution is 6.44. The zero-order chi connectivity index (χ0) is 20.2. The fourth-order valence-electron chi connectivity index (χ4n) is 2.81. The molecule has 0 rings (SSSR count). The Morgan fingerprint density at radius 2 is 1.11 bits per heavy atom. The number of carbonyl (C=O) groups is 2. The summed E-state index contributed by atoms with van der Waals surface area (Å²) >= 11 is 10.9. The zero-order valence-electron chi connectivity index (χ0n) is 17.0. The second-order valence-corrected chi connectivity index (χ2v) is 8.31. The maximum Gasteiger partial charge on any atom is 0.305 e. The van der Waals surface area contributed by atoms with Gasteiger partial charge in [-0.1, -0.05) is 77.6 Å². The van der Waals surface area contributed by atoms with Crippen LogP contribution in [0, 0.1) is 0 Å². The van der Waals surface area contributed by atoms with Crippen molar-refractivity contribution < 1.29 is 19.1 Å². The summed E-state index contributed by atoms with van der Waals surface area (Å²) in [6.45, 7) is 2.70. The summed E-state index contributed by atoms with van der Waals surface area (Å²) in [6.07, 6.45) is 16.2. The molecule has 0 saturated heterocycles. The van der Waals surface area contributed by atoms with Crippen LogP contribution >= 0.6 is 23.2 Å². The van der Waals surface area contributed by atoms with Gasteiger partial charge in [-0.2, -0.15) is 0 Å². The largest absolute Gasteiger partial charge is 0.466 e. The molecule has 0 N–H and O–H groups in total. The summed E-state index contributed by atoms with van der Waals surface area (Å²) in [6, 6.07) is 0. The molecule has 0 radical (unpaired) electrons. The lowest BCUT2D eigenvalue weighted by Gasteiger charge is -2.06. The molecular formula is C21H38Cl2O4. The Morgan fingerprint density at radius 3 is 1.59 bits per heavy atom. The Labute approximate surface area is 175 Å². The monoisotopic (exact) mass is 424 g/mol. The molecule has 160 valence electrons. The van der Waals surface area contributed by atoms with E-state index in [-0.39, 0.29) is 25.4 Å². The van der Waals surface area contributed by atoms with Crippen LogP contribution in [0.2, 0.25) is 0 Å². The summed E-state index contributed by atoms with van der Waals surface area (Å²) in [5.41, 5.74) is 0. The normalized spacial score (nSPS) is 11.0. The number of esters is 2. The van der Waals surface area contributed by atoms with E-state index in [1.54, 1.807) is 0 Å². The number of rotatable bonds is 19. The predicted octanol–water partition coefficient (Wildman–Crippen LogP) is 6.75. The average molecular weight is 425 g/mol. The van der Waals surface area contributed by atoms with E-state index in [0.29, 0.717) is 13.0 Å². The molecule has 0 aromatic carbocycles. The molecule has 0 aliphatic heterocycles. The molecule has 0 heterocycles. The Hall–Kier alpha value is -0.480. The molecule has 0 aliphatic rings. The van der Waals surface area contributed by atoms with Gasteiger partial charge in [0.25, 0.3) is 0 Å². The molecule has 0 aromatic heterocycles. The lowest BCUT2D eigenvalue weighted by molar-refractivity contribution is -0.145. The topological polar surface area (TPSA) is 52.6 Å². The zero-order valence-corrected chi connectivity index (χ0v) is 18.5. The summed E-state index contributed by atoms with van der Waals surface area (Å²) in [7, 11) is 0. The maximum absolute atomic E-state index is 11.6. The smallest absolute Gasteiger partial charge is 0.305 e. The molecule has 0 unspecified atom stereocenters. The van der Waals surface area contributed by atoms with E-state index in [0.717, 1.165) is 12.8 Å². The highest BCUT2D eigenvalue weighted by Crippen LogP contribution is 2.12. The lowest BCUT2D eigenvalue weighted by Crippen LogP contribution is -2.11. The van der Waals surface area contributed by atoms with E-state index in [2.05, 4.69) is 6.92 Å². The molecule has 27 heavy (non-hydrogen) atoms. The minimum atomic E-state index is -0.713. The van der Waals surface area contributed by atoms with E-state index in [1.807, 2.05) is 0 Å². The summed E-state index contributed by atoms with van der Waals surface area (Å²) < 4.78 is 9.99. The van der Waals surface area contributed by atoms with E-state index < -0.39 is 10.8 Å². The first kappa shape index (κ1) is 26.5. The number of hydrogen-bond acceptors (Lipinski definition) is 4. The van der Waals surface area contributed by atoms with Crippen molar-refractivity contribution in [3.8, 4) is 0 Å². The first-order chi connectivity index (χ1) is 13.1. The van der Waals surface area contributed by atoms with Gasteiger partial charge in [0, 0.05) is 12.8 Å². The second kappa shape index (κ2) is 20.3.